The lowest BCUT2D eigenvalue weighted by atomic mass is 9.84. The van der Waals surface area contributed by atoms with E-state index in [1.165, 1.54) is 12.1 Å². The third kappa shape index (κ3) is 12.9. The number of hydrogen-bond acceptors (Lipinski definition) is 8. The number of carbonyl (C=O) groups excluding carboxylic acids is 4. The summed E-state index contributed by atoms with van der Waals surface area (Å²) in [6, 6.07) is 9.94. The highest BCUT2D eigenvalue weighted by Gasteiger charge is 2.34. The molecule has 0 bridgehead atoms. The van der Waals surface area contributed by atoms with Crippen molar-refractivity contribution in [3.63, 3.8) is 0 Å². The molecule has 13 nitrogen and oxygen atoms in total. The number of rotatable bonds is 15. The number of H-pyrrole nitrogens is 1. The van der Waals surface area contributed by atoms with Crippen LogP contribution in [0.2, 0.25) is 0 Å². The Morgan fingerprint density at radius 1 is 0.895 bits per heavy atom. The number of alkyl carbamates (subject to hydrolysis) is 2. The number of carbonyl (C=O) groups is 4. The number of para-hydroxylation sites is 1. The van der Waals surface area contributed by atoms with E-state index in [4.69, 9.17) is 9.47 Å². The molecule has 4 amide bonds. The molecule has 1 aromatic heterocycles. The number of hydrogen-bond donors (Lipinski definition) is 6. The molecule has 1 saturated carbocycles. The quantitative estimate of drug-likeness (QED) is 0.0866. The molecule has 6 N–H and O–H groups in total. The number of alkyl halides is 3. The zero-order valence-corrected chi connectivity index (χ0v) is 32.6. The fraction of sp³-hybridized carbons (Fsp3) is 0.537. The van der Waals surface area contributed by atoms with Crippen LogP contribution < -0.4 is 32.1 Å². The molecule has 57 heavy (non-hydrogen) atoms. The molecule has 1 aliphatic heterocycles. The molecule has 3 aromatic rings. The molecule has 1 aliphatic carbocycles. The average Bonchev–Trinajstić information content (AvgIpc) is 3.55. The first-order valence-electron chi connectivity index (χ1n) is 19.6. The number of amides is 4. The van der Waals surface area contributed by atoms with Gasteiger partial charge in [0, 0.05) is 41.8 Å². The molecular weight excluding hydrogens is 745 g/mol. The van der Waals surface area contributed by atoms with Gasteiger partial charge in [-0.15, -0.1) is 0 Å². The van der Waals surface area contributed by atoms with E-state index in [0.717, 1.165) is 56.0 Å². The van der Waals surface area contributed by atoms with Crippen LogP contribution in [-0.2, 0) is 25.2 Å². The predicted octanol–water partition coefficient (Wildman–Crippen LogP) is 7.33. The standard InChI is InChI=1S/C41H53F3N6O7/c1-40(2,3)57-38(54)45-19-10-9-15-32(36(52)47-27-16-17-29-30(41(42,43)44)23-35(51)48-33(29)22-27)49-37(53)34(21-25-11-5-4-6-12-25)50-39(55)56-20-18-26-24-46-31-14-8-7-13-28(26)31/h7-8,13-14,16-17,22-23,25-26,32,34,46H,4-6,9-12,15,18-21,24H2,1-3H3,(H,45,54)(H,47,52)(H,48,51)(H,49,53)(H,50,55)/t26?,32-,34-/m0/s1. The molecule has 1 unspecified atom stereocenters. The summed E-state index contributed by atoms with van der Waals surface area (Å²) >= 11 is 0. The van der Waals surface area contributed by atoms with Crippen molar-refractivity contribution in [1.29, 1.82) is 0 Å². The minimum Gasteiger partial charge on any atom is -0.450 e. The van der Waals surface area contributed by atoms with Gasteiger partial charge in [0.05, 0.1) is 17.7 Å². The van der Waals surface area contributed by atoms with Gasteiger partial charge in [0.25, 0.3) is 0 Å². The lowest BCUT2D eigenvalue weighted by Gasteiger charge is -2.28. The maximum Gasteiger partial charge on any atom is 0.417 e. The van der Waals surface area contributed by atoms with E-state index in [1.54, 1.807) is 20.8 Å². The van der Waals surface area contributed by atoms with E-state index in [0.29, 0.717) is 31.7 Å². The lowest BCUT2D eigenvalue weighted by Crippen LogP contribution is -2.53. The third-order valence-electron chi connectivity index (χ3n) is 10.2. The Balaban J connectivity index is 1.27. The molecule has 0 saturated heterocycles. The second-order valence-corrected chi connectivity index (χ2v) is 15.8. The molecule has 310 valence electrons. The SMILES string of the molecule is CC(C)(C)OC(=O)NCCCC[C@H](NC(=O)[C@H](CC1CCCCC1)NC(=O)OCCC1CNc2ccccc21)C(=O)Nc1ccc2c(C(F)(F)F)cc(=O)[nH]c2c1. The van der Waals surface area contributed by atoms with Crippen molar-refractivity contribution in [1.82, 2.24) is 20.9 Å². The zero-order chi connectivity index (χ0) is 41.2. The number of fused-ring (bicyclic) bond motifs is 2. The second kappa shape index (κ2) is 19.2. The average molecular weight is 799 g/mol. The Hall–Kier alpha value is -5.28. The van der Waals surface area contributed by atoms with Crippen molar-refractivity contribution in [3.05, 3.63) is 70.0 Å². The molecule has 0 spiro atoms. The summed E-state index contributed by atoms with van der Waals surface area (Å²) < 4.78 is 51.8. The Kier molecular flexibility index (Phi) is 14.5. The maximum atomic E-state index is 14.0. The van der Waals surface area contributed by atoms with Crippen molar-refractivity contribution in [3.8, 4) is 0 Å². The molecule has 2 heterocycles. The fourth-order valence-electron chi connectivity index (χ4n) is 7.40. The van der Waals surface area contributed by atoms with Crippen LogP contribution in [0.5, 0.6) is 0 Å². The number of aromatic amines is 1. The second-order valence-electron chi connectivity index (χ2n) is 15.8. The van der Waals surface area contributed by atoms with Gasteiger partial charge in [-0.25, -0.2) is 9.59 Å². The lowest BCUT2D eigenvalue weighted by molar-refractivity contribution is -0.136. The van der Waals surface area contributed by atoms with Gasteiger partial charge in [-0.1, -0.05) is 56.4 Å². The van der Waals surface area contributed by atoms with Crippen molar-refractivity contribution >= 4 is 46.3 Å². The van der Waals surface area contributed by atoms with Crippen LogP contribution in [0.3, 0.4) is 0 Å². The summed E-state index contributed by atoms with van der Waals surface area (Å²) in [5, 5.41) is 14.0. The smallest absolute Gasteiger partial charge is 0.417 e. The van der Waals surface area contributed by atoms with E-state index in [-0.39, 0.29) is 48.0 Å². The monoisotopic (exact) mass is 798 g/mol. The molecule has 3 atom stereocenters. The van der Waals surface area contributed by atoms with E-state index < -0.39 is 59.0 Å². The molecule has 1 fully saturated rings. The molecule has 0 radical (unpaired) electrons. The number of nitrogens with one attached hydrogen (secondary N) is 6. The molecule has 16 heteroatoms. The summed E-state index contributed by atoms with van der Waals surface area (Å²) in [6.07, 6.45) is 0.602. The highest BCUT2D eigenvalue weighted by molar-refractivity contribution is 5.99. The van der Waals surface area contributed by atoms with E-state index >= 15 is 0 Å². The van der Waals surface area contributed by atoms with Crippen LogP contribution in [-0.4, -0.2) is 66.4 Å². The Morgan fingerprint density at radius 2 is 1.65 bits per heavy atom. The van der Waals surface area contributed by atoms with Crippen LogP contribution in [0, 0.1) is 5.92 Å². The van der Waals surface area contributed by atoms with E-state index in [2.05, 4.69) is 31.6 Å². The number of anilines is 2. The highest BCUT2D eigenvalue weighted by atomic mass is 19.4. The largest absolute Gasteiger partial charge is 0.450 e. The van der Waals surface area contributed by atoms with Crippen LogP contribution in [0.4, 0.5) is 34.1 Å². The van der Waals surface area contributed by atoms with Crippen molar-refractivity contribution < 1.29 is 41.8 Å². The first-order chi connectivity index (χ1) is 27.1. The zero-order valence-electron chi connectivity index (χ0n) is 32.6. The highest BCUT2D eigenvalue weighted by Crippen LogP contribution is 2.35. The van der Waals surface area contributed by atoms with Crippen molar-refractivity contribution in [2.24, 2.45) is 5.92 Å². The van der Waals surface area contributed by atoms with Crippen LogP contribution in [0.15, 0.2) is 53.3 Å². The normalized spacial score (nSPS) is 16.8. The molecule has 2 aromatic carbocycles. The first kappa shape index (κ1) is 42.9. The summed E-state index contributed by atoms with van der Waals surface area (Å²) in [5.41, 5.74) is -0.585. The summed E-state index contributed by atoms with van der Waals surface area (Å²) in [4.78, 5) is 67.5. The summed E-state index contributed by atoms with van der Waals surface area (Å²) in [6.45, 7) is 6.31. The fourth-order valence-corrected chi connectivity index (χ4v) is 7.40. The van der Waals surface area contributed by atoms with Crippen molar-refractivity contribution in [2.45, 2.75) is 115 Å². The Bertz CT molecular complexity index is 1940. The summed E-state index contributed by atoms with van der Waals surface area (Å²) in [5.74, 6) is -0.912. The Labute approximate surface area is 329 Å². The van der Waals surface area contributed by atoms with Gasteiger partial charge < -0.3 is 41.0 Å². The number of pyridine rings is 1. The molecular formula is C41H53F3N6O7. The summed E-state index contributed by atoms with van der Waals surface area (Å²) in [7, 11) is 0. The Morgan fingerprint density at radius 3 is 2.39 bits per heavy atom. The topological polar surface area (TPSA) is 180 Å². The van der Waals surface area contributed by atoms with Gasteiger partial charge in [-0.3, -0.25) is 14.4 Å². The minimum absolute atomic E-state index is 0.0915. The van der Waals surface area contributed by atoms with E-state index in [9.17, 15) is 37.1 Å². The van der Waals surface area contributed by atoms with Gasteiger partial charge in [-0.2, -0.15) is 13.2 Å². The number of benzene rings is 2. The van der Waals surface area contributed by atoms with Crippen molar-refractivity contribution in [2.75, 3.05) is 30.3 Å². The predicted molar refractivity (Wildman–Crippen MR) is 210 cm³/mol. The van der Waals surface area contributed by atoms with Gasteiger partial charge in [0.15, 0.2) is 0 Å². The number of unbranched alkanes of at least 4 members (excludes halogenated alkanes) is 1. The minimum atomic E-state index is -4.78. The van der Waals surface area contributed by atoms with Gasteiger partial charge in [0.2, 0.25) is 17.4 Å². The van der Waals surface area contributed by atoms with Gasteiger partial charge in [0.1, 0.15) is 17.7 Å². The van der Waals surface area contributed by atoms with Crippen LogP contribution >= 0.6 is 0 Å². The van der Waals surface area contributed by atoms with E-state index in [1.807, 2.05) is 24.3 Å². The van der Waals surface area contributed by atoms with Gasteiger partial charge >= 0.3 is 18.4 Å². The number of ether oxygens (including phenoxy) is 2. The molecule has 5 rings (SSSR count). The van der Waals surface area contributed by atoms with Crippen LogP contribution in [0.25, 0.3) is 10.9 Å². The number of halogens is 3. The van der Waals surface area contributed by atoms with Gasteiger partial charge in [-0.05, 0) is 82.6 Å². The third-order valence-corrected chi connectivity index (χ3v) is 10.2. The number of aromatic nitrogens is 1. The molecule has 2 aliphatic rings. The van der Waals surface area contributed by atoms with Crippen LogP contribution in [0.1, 0.15) is 102 Å². The maximum absolute atomic E-state index is 14.0. The first-order valence-corrected chi connectivity index (χ1v) is 19.6.